The van der Waals surface area contributed by atoms with E-state index >= 15 is 0 Å². The van der Waals surface area contributed by atoms with Crippen molar-refractivity contribution in [2.75, 3.05) is 9.80 Å². The number of rotatable bonds is 12. The van der Waals surface area contributed by atoms with Crippen LogP contribution in [0.3, 0.4) is 0 Å². The Hall–Kier alpha value is -8.68. The Morgan fingerprint density at radius 2 is 0.514 bits per heavy atom. The number of aliphatic hydroxyl groups is 2. The van der Waals surface area contributed by atoms with Crippen LogP contribution in [0.5, 0.6) is 11.5 Å². The molecule has 70 heavy (non-hydrogen) atoms. The van der Waals surface area contributed by atoms with E-state index in [1.54, 1.807) is 24.3 Å². The summed E-state index contributed by atoms with van der Waals surface area (Å²) in [5.74, 6) is -1.73. The molecule has 6 nitrogen and oxygen atoms in total. The molecule has 1 aliphatic carbocycles. The van der Waals surface area contributed by atoms with E-state index in [0.717, 1.165) is 67.3 Å². The number of aliphatic hydroxyl groups excluding tert-OH is 2. The number of hydrogen-bond acceptors (Lipinski definition) is 6. The number of nitrogens with zero attached hydrogens (tertiary/aromatic N) is 2. The van der Waals surface area contributed by atoms with Crippen molar-refractivity contribution in [1.82, 2.24) is 0 Å². The van der Waals surface area contributed by atoms with Gasteiger partial charge in [0.05, 0.1) is 35.0 Å². The monoisotopic (exact) mass is 910 g/mol. The topological polar surface area (TPSA) is 87.4 Å². The Balaban J connectivity index is 0.948. The zero-order valence-electron chi connectivity index (χ0n) is 38.2. The van der Waals surface area contributed by atoms with Crippen LogP contribution in [0.1, 0.15) is 23.0 Å². The second-order valence-corrected chi connectivity index (χ2v) is 17.7. The molecular formula is C64H50N2O4. The van der Waals surface area contributed by atoms with Crippen LogP contribution in [0.2, 0.25) is 0 Å². The average Bonchev–Trinajstić information content (AvgIpc) is 3.42. The molecule has 0 aromatic heterocycles. The van der Waals surface area contributed by atoms with E-state index in [-0.39, 0.29) is 11.5 Å². The third-order valence-electron chi connectivity index (χ3n) is 13.7. The fourth-order valence-corrected chi connectivity index (χ4v) is 10.3. The van der Waals surface area contributed by atoms with Crippen molar-refractivity contribution in [3.05, 3.63) is 266 Å². The van der Waals surface area contributed by atoms with Crippen LogP contribution >= 0.6 is 0 Å². The van der Waals surface area contributed by atoms with Gasteiger partial charge in [-0.15, -0.1) is 0 Å². The number of phenolic OH excluding ortho intramolecular Hbond substituents is 2. The van der Waals surface area contributed by atoms with Gasteiger partial charge in [0, 0.05) is 68.7 Å². The molecule has 0 spiro atoms. The lowest BCUT2D eigenvalue weighted by atomic mass is 9.63. The van der Waals surface area contributed by atoms with Gasteiger partial charge in [0.15, 0.2) is 0 Å². The highest BCUT2D eigenvalue weighted by Crippen LogP contribution is 2.54. The minimum atomic E-state index is -1.11. The summed E-state index contributed by atoms with van der Waals surface area (Å²) < 4.78 is 0. The Morgan fingerprint density at radius 3 is 0.771 bits per heavy atom. The van der Waals surface area contributed by atoms with Gasteiger partial charge in [0.1, 0.15) is 11.5 Å². The van der Waals surface area contributed by atoms with Gasteiger partial charge < -0.3 is 30.2 Å². The lowest BCUT2D eigenvalue weighted by Gasteiger charge is -2.47. The van der Waals surface area contributed by atoms with Crippen molar-refractivity contribution in [2.24, 2.45) is 0 Å². The first-order chi connectivity index (χ1) is 34.4. The quantitative estimate of drug-likeness (QED) is 0.0977. The summed E-state index contributed by atoms with van der Waals surface area (Å²) >= 11 is 0. The van der Waals surface area contributed by atoms with Crippen LogP contribution in [-0.2, 0) is 0 Å². The molecule has 0 heterocycles. The first-order valence-electron chi connectivity index (χ1n) is 23.6. The molecule has 10 aromatic carbocycles. The van der Waals surface area contributed by atoms with Crippen LogP contribution < -0.4 is 9.80 Å². The number of phenols is 2. The highest BCUT2D eigenvalue weighted by molar-refractivity contribution is 5.95. The van der Waals surface area contributed by atoms with Gasteiger partial charge in [0.2, 0.25) is 0 Å². The van der Waals surface area contributed by atoms with Gasteiger partial charge in [-0.1, -0.05) is 206 Å². The SMILES string of the molecule is Oc1cc(N(c2ccccc2-c2ccccc2)c2ccccc2-c2ccccc2)ccc1C1C(O)C(c2ccc(N(c3ccccc3-c3ccccc3)c3ccccc3-c3ccccc3)cc2O)C1O. The molecule has 11 rings (SSSR count). The van der Waals surface area contributed by atoms with Crippen LogP contribution in [0.25, 0.3) is 44.5 Å². The number of anilines is 6. The first kappa shape index (κ1) is 43.9. The fraction of sp³-hybridized carbons (Fsp3) is 0.0625. The highest BCUT2D eigenvalue weighted by atomic mass is 16.3. The summed E-state index contributed by atoms with van der Waals surface area (Å²) in [7, 11) is 0. The molecule has 0 radical (unpaired) electrons. The van der Waals surface area contributed by atoms with Crippen LogP contribution in [0, 0.1) is 0 Å². The maximum absolute atomic E-state index is 12.0. The predicted octanol–water partition coefficient (Wildman–Crippen LogP) is 15.3. The Bertz CT molecular complexity index is 3020. The Labute approximate surface area is 408 Å². The third-order valence-corrected chi connectivity index (χ3v) is 13.7. The van der Waals surface area contributed by atoms with E-state index in [4.69, 9.17) is 0 Å². The number of benzene rings is 10. The summed E-state index contributed by atoms with van der Waals surface area (Å²) in [6, 6.07) is 84.8. The van der Waals surface area contributed by atoms with Gasteiger partial charge in [-0.05, 0) is 58.7 Å². The fourth-order valence-electron chi connectivity index (χ4n) is 10.3. The van der Waals surface area contributed by atoms with Crippen LogP contribution in [0.15, 0.2) is 255 Å². The maximum atomic E-state index is 12.0. The molecule has 4 N–H and O–H groups in total. The summed E-state index contributed by atoms with van der Waals surface area (Å²) in [6.07, 6.45) is -2.21. The number of hydrogen-bond donors (Lipinski definition) is 4. The van der Waals surface area contributed by atoms with E-state index in [2.05, 4.69) is 107 Å². The van der Waals surface area contributed by atoms with E-state index in [1.165, 1.54) is 0 Å². The maximum Gasteiger partial charge on any atom is 0.121 e. The van der Waals surface area contributed by atoms with Crippen molar-refractivity contribution >= 4 is 34.1 Å². The largest absolute Gasteiger partial charge is 0.508 e. The molecule has 0 atom stereocenters. The molecular weight excluding hydrogens is 861 g/mol. The van der Waals surface area contributed by atoms with Gasteiger partial charge in [0.25, 0.3) is 0 Å². The summed E-state index contributed by atoms with van der Waals surface area (Å²) in [6.45, 7) is 0. The molecule has 10 aromatic rings. The number of para-hydroxylation sites is 4. The molecule has 1 fully saturated rings. The van der Waals surface area contributed by atoms with Crippen LogP contribution in [0.4, 0.5) is 34.1 Å². The van der Waals surface area contributed by atoms with Gasteiger partial charge in [-0.25, -0.2) is 0 Å². The van der Waals surface area contributed by atoms with E-state index in [1.807, 2.05) is 133 Å². The normalized spacial score (nSPS) is 16.3. The molecule has 0 bridgehead atoms. The zero-order valence-corrected chi connectivity index (χ0v) is 38.2. The van der Waals surface area contributed by atoms with Crippen molar-refractivity contribution in [3.8, 4) is 56.0 Å². The summed E-state index contributed by atoms with van der Waals surface area (Å²) in [4.78, 5) is 4.31. The van der Waals surface area contributed by atoms with Crippen molar-refractivity contribution < 1.29 is 20.4 Å². The minimum Gasteiger partial charge on any atom is -0.508 e. The molecule has 1 saturated carbocycles. The van der Waals surface area contributed by atoms with Crippen molar-refractivity contribution in [1.29, 1.82) is 0 Å². The van der Waals surface area contributed by atoms with E-state index in [9.17, 15) is 20.4 Å². The van der Waals surface area contributed by atoms with Gasteiger partial charge in [-0.2, -0.15) is 0 Å². The molecule has 0 unspecified atom stereocenters. The lowest BCUT2D eigenvalue weighted by molar-refractivity contribution is -0.0797. The second-order valence-electron chi connectivity index (χ2n) is 17.7. The molecule has 1 aliphatic rings. The smallest absolute Gasteiger partial charge is 0.121 e. The highest BCUT2D eigenvalue weighted by Gasteiger charge is 2.52. The lowest BCUT2D eigenvalue weighted by Crippen LogP contribution is -2.51. The third kappa shape index (κ3) is 8.15. The Kier molecular flexibility index (Phi) is 12.0. The predicted molar refractivity (Wildman–Crippen MR) is 285 cm³/mol. The molecule has 0 saturated heterocycles. The molecule has 340 valence electrons. The van der Waals surface area contributed by atoms with Crippen molar-refractivity contribution in [3.63, 3.8) is 0 Å². The van der Waals surface area contributed by atoms with E-state index < -0.39 is 24.0 Å². The minimum absolute atomic E-state index is 0.0530. The number of aromatic hydroxyl groups is 2. The van der Waals surface area contributed by atoms with Crippen LogP contribution in [-0.4, -0.2) is 32.6 Å². The van der Waals surface area contributed by atoms with E-state index in [0.29, 0.717) is 22.5 Å². The first-order valence-corrected chi connectivity index (χ1v) is 23.6. The van der Waals surface area contributed by atoms with Crippen molar-refractivity contribution in [2.45, 2.75) is 24.0 Å². The average molecular weight is 911 g/mol. The Morgan fingerprint density at radius 1 is 0.271 bits per heavy atom. The second kappa shape index (κ2) is 19.1. The van der Waals surface area contributed by atoms with Gasteiger partial charge in [-0.3, -0.25) is 0 Å². The standard InChI is InChI=1S/C64H50N2O4/c67-59-41-47(65(55-33-17-13-29-49(55)43-21-5-1-6-22-43)56-34-18-14-30-50(56)44-23-7-2-8-24-44)37-39-53(59)61-63(69)62(64(61)70)54-40-38-48(42-60(54)68)66(57-35-19-15-31-51(57)45-25-9-3-10-26-45)58-36-20-16-32-52(58)46-27-11-4-12-28-46/h1-42,61-64,67-70H. The van der Waals surface area contributed by atoms with Gasteiger partial charge >= 0.3 is 0 Å². The molecule has 6 heteroatoms. The summed E-state index contributed by atoms with van der Waals surface area (Å²) in [5, 5.41) is 48.0. The molecule has 0 aliphatic heterocycles. The summed E-state index contributed by atoms with van der Waals surface area (Å²) in [5.41, 5.74) is 14.1. The molecule has 0 amide bonds. The zero-order chi connectivity index (χ0) is 47.6.